The lowest BCUT2D eigenvalue weighted by molar-refractivity contribution is 0.369. The molecule has 0 fully saturated rings. The number of hydrogen-bond donors (Lipinski definition) is 0. The van der Waals surface area contributed by atoms with E-state index in [-0.39, 0.29) is 11.1 Å². The van der Waals surface area contributed by atoms with Crippen LogP contribution in [0.1, 0.15) is 119 Å². The molecular formula is C20H42N2. The van der Waals surface area contributed by atoms with Gasteiger partial charge in [0, 0.05) is 0 Å². The molecule has 132 valence electrons. The van der Waals surface area contributed by atoms with Gasteiger partial charge >= 0.3 is 0 Å². The Morgan fingerprint density at radius 2 is 0.818 bits per heavy atom. The SMILES string of the molecule is CCCCCCCCCC(C)(C)N=NC(C)(C)CCCCC. The largest absolute Gasteiger partial charge is 0.187 e. The maximum Gasteiger partial charge on any atom is 0.0760 e. The van der Waals surface area contributed by atoms with Crippen LogP contribution in [-0.4, -0.2) is 11.1 Å². The van der Waals surface area contributed by atoms with E-state index in [1.54, 1.807) is 0 Å². The molecule has 2 heteroatoms. The predicted molar refractivity (Wildman–Crippen MR) is 99.8 cm³/mol. The van der Waals surface area contributed by atoms with Crippen molar-refractivity contribution in [1.82, 2.24) is 0 Å². The van der Waals surface area contributed by atoms with Gasteiger partial charge in [0.05, 0.1) is 11.1 Å². The average Bonchev–Trinajstić information content (AvgIpc) is 2.45. The lowest BCUT2D eigenvalue weighted by Crippen LogP contribution is -2.21. The number of hydrogen-bond acceptors (Lipinski definition) is 2. The van der Waals surface area contributed by atoms with Crippen LogP contribution in [0, 0.1) is 0 Å². The highest BCUT2D eigenvalue weighted by molar-refractivity contribution is 4.80. The molecule has 0 aliphatic rings. The van der Waals surface area contributed by atoms with Crippen LogP contribution < -0.4 is 0 Å². The van der Waals surface area contributed by atoms with Gasteiger partial charge in [0.25, 0.3) is 0 Å². The zero-order chi connectivity index (χ0) is 16.9. The van der Waals surface area contributed by atoms with Crippen molar-refractivity contribution < 1.29 is 0 Å². The van der Waals surface area contributed by atoms with E-state index in [9.17, 15) is 0 Å². The molecule has 0 aromatic carbocycles. The highest BCUT2D eigenvalue weighted by Crippen LogP contribution is 2.25. The molecule has 0 amide bonds. The second kappa shape index (κ2) is 12.1. The third-order valence-corrected chi connectivity index (χ3v) is 4.38. The summed E-state index contributed by atoms with van der Waals surface area (Å²) in [6.45, 7) is 13.4. The van der Waals surface area contributed by atoms with Gasteiger partial charge in [-0.15, -0.1) is 0 Å². The van der Waals surface area contributed by atoms with Gasteiger partial charge in [0.15, 0.2) is 0 Å². The van der Waals surface area contributed by atoms with Crippen molar-refractivity contribution >= 4 is 0 Å². The Hall–Kier alpha value is -0.400. The summed E-state index contributed by atoms with van der Waals surface area (Å²) in [6.07, 6.45) is 15.7. The third-order valence-electron chi connectivity index (χ3n) is 4.38. The first kappa shape index (κ1) is 21.6. The molecule has 0 heterocycles. The van der Waals surface area contributed by atoms with Crippen LogP contribution in [0.3, 0.4) is 0 Å². The van der Waals surface area contributed by atoms with Crippen molar-refractivity contribution in [3.63, 3.8) is 0 Å². The van der Waals surface area contributed by atoms with Crippen LogP contribution >= 0.6 is 0 Å². The number of azo groups is 1. The molecule has 0 aliphatic heterocycles. The topological polar surface area (TPSA) is 24.7 Å². The summed E-state index contributed by atoms with van der Waals surface area (Å²) in [7, 11) is 0. The van der Waals surface area contributed by atoms with E-state index in [0.29, 0.717) is 0 Å². The molecule has 22 heavy (non-hydrogen) atoms. The van der Waals surface area contributed by atoms with E-state index >= 15 is 0 Å². The van der Waals surface area contributed by atoms with E-state index in [2.05, 4.69) is 51.8 Å². The first-order valence-electron chi connectivity index (χ1n) is 9.77. The number of unbranched alkanes of at least 4 members (excludes halogenated alkanes) is 8. The van der Waals surface area contributed by atoms with E-state index in [1.165, 1.54) is 64.2 Å². The van der Waals surface area contributed by atoms with Gasteiger partial charge in [-0.25, -0.2) is 0 Å². The van der Waals surface area contributed by atoms with Gasteiger partial charge in [-0.2, -0.15) is 10.2 Å². The van der Waals surface area contributed by atoms with Gasteiger partial charge < -0.3 is 0 Å². The second-order valence-corrected chi connectivity index (χ2v) is 8.15. The monoisotopic (exact) mass is 310 g/mol. The van der Waals surface area contributed by atoms with E-state index < -0.39 is 0 Å². The van der Waals surface area contributed by atoms with E-state index in [0.717, 1.165) is 12.8 Å². The first-order valence-corrected chi connectivity index (χ1v) is 9.77. The molecule has 0 radical (unpaired) electrons. The molecule has 0 aromatic heterocycles. The van der Waals surface area contributed by atoms with Crippen molar-refractivity contribution in [3.05, 3.63) is 0 Å². The fourth-order valence-electron chi connectivity index (χ4n) is 2.69. The standard InChI is InChI=1S/C20H42N2/c1-7-9-11-12-13-14-16-18-20(5,6)22-21-19(3,4)17-15-10-8-2/h7-18H2,1-6H3. The van der Waals surface area contributed by atoms with Crippen molar-refractivity contribution in [2.45, 2.75) is 130 Å². The summed E-state index contributed by atoms with van der Waals surface area (Å²) in [5.41, 5.74) is 0.0119. The van der Waals surface area contributed by atoms with Crippen molar-refractivity contribution in [2.75, 3.05) is 0 Å². The van der Waals surface area contributed by atoms with Crippen molar-refractivity contribution in [2.24, 2.45) is 10.2 Å². The Labute approximate surface area is 140 Å². The van der Waals surface area contributed by atoms with Crippen LogP contribution in [0.15, 0.2) is 10.2 Å². The minimum Gasteiger partial charge on any atom is -0.187 e. The Kier molecular flexibility index (Phi) is 11.9. The molecule has 0 saturated heterocycles. The van der Waals surface area contributed by atoms with Crippen LogP contribution in [0.2, 0.25) is 0 Å². The van der Waals surface area contributed by atoms with Gasteiger partial charge in [-0.05, 0) is 40.5 Å². The average molecular weight is 311 g/mol. The summed E-state index contributed by atoms with van der Waals surface area (Å²) < 4.78 is 0. The number of nitrogens with zero attached hydrogens (tertiary/aromatic N) is 2. The molecule has 2 nitrogen and oxygen atoms in total. The molecule has 0 N–H and O–H groups in total. The Morgan fingerprint density at radius 1 is 0.500 bits per heavy atom. The zero-order valence-electron chi connectivity index (χ0n) is 16.4. The summed E-state index contributed by atoms with van der Waals surface area (Å²) in [6, 6.07) is 0. The highest BCUT2D eigenvalue weighted by atomic mass is 15.2. The zero-order valence-corrected chi connectivity index (χ0v) is 16.4. The van der Waals surface area contributed by atoms with Crippen LogP contribution in [-0.2, 0) is 0 Å². The number of rotatable bonds is 14. The minimum absolute atomic E-state index is 0.00540. The van der Waals surface area contributed by atoms with Gasteiger partial charge in [0.2, 0.25) is 0 Å². The fourth-order valence-corrected chi connectivity index (χ4v) is 2.69. The maximum atomic E-state index is 4.68. The minimum atomic E-state index is 0.00540. The lowest BCUT2D eigenvalue weighted by Gasteiger charge is -2.23. The van der Waals surface area contributed by atoms with Crippen LogP contribution in [0.25, 0.3) is 0 Å². The molecule has 0 saturated carbocycles. The normalized spacial score (nSPS) is 13.2. The molecule has 0 unspecified atom stereocenters. The second-order valence-electron chi connectivity index (χ2n) is 8.15. The smallest absolute Gasteiger partial charge is 0.0760 e. The highest BCUT2D eigenvalue weighted by Gasteiger charge is 2.20. The summed E-state index contributed by atoms with van der Waals surface area (Å²) in [5.74, 6) is 0. The van der Waals surface area contributed by atoms with Crippen molar-refractivity contribution in [1.29, 1.82) is 0 Å². The van der Waals surface area contributed by atoms with Gasteiger partial charge in [-0.3, -0.25) is 0 Å². The van der Waals surface area contributed by atoms with Gasteiger partial charge in [0.1, 0.15) is 0 Å². The quantitative estimate of drug-likeness (QED) is 0.232. The molecule has 0 aliphatic carbocycles. The Balaban J connectivity index is 3.93. The van der Waals surface area contributed by atoms with Crippen LogP contribution in [0.5, 0.6) is 0 Å². The maximum absolute atomic E-state index is 4.68. The Morgan fingerprint density at radius 3 is 1.27 bits per heavy atom. The molecule has 0 rings (SSSR count). The summed E-state index contributed by atoms with van der Waals surface area (Å²) >= 11 is 0. The third kappa shape index (κ3) is 13.3. The van der Waals surface area contributed by atoms with E-state index in [4.69, 9.17) is 0 Å². The molecule has 0 bridgehead atoms. The molecule has 0 atom stereocenters. The fraction of sp³-hybridized carbons (Fsp3) is 1.00. The van der Waals surface area contributed by atoms with Crippen LogP contribution in [0.4, 0.5) is 0 Å². The summed E-state index contributed by atoms with van der Waals surface area (Å²) in [5, 5.41) is 9.34. The lowest BCUT2D eigenvalue weighted by atomic mass is 9.96. The molecular weight excluding hydrogens is 268 g/mol. The Bertz CT molecular complexity index is 279. The summed E-state index contributed by atoms with van der Waals surface area (Å²) in [4.78, 5) is 0. The van der Waals surface area contributed by atoms with Crippen molar-refractivity contribution in [3.8, 4) is 0 Å². The first-order chi connectivity index (χ1) is 10.3. The molecule has 0 spiro atoms. The van der Waals surface area contributed by atoms with E-state index in [1.807, 2.05) is 0 Å². The molecule has 0 aromatic rings. The predicted octanol–water partition coefficient (Wildman–Crippen LogP) is 7.72. The van der Waals surface area contributed by atoms with Gasteiger partial charge in [-0.1, -0.05) is 78.1 Å².